The first-order valence-electron chi connectivity index (χ1n) is 15.3. The van der Waals surface area contributed by atoms with E-state index in [9.17, 15) is 24.9 Å². The number of benzene rings is 2. The molecule has 2 aromatic heterocycles. The zero-order chi connectivity index (χ0) is 31.5. The lowest BCUT2D eigenvalue weighted by Crippen LogP contribution is -2.42. The number of aromatic nitrogens is 4. The summed E-state index contributed by atoms with van der Waals surface area (Å²) < 4.78 is 1.73. The number of nitrogens with one attached hydrogen (secondary N) is 3. The zero-order valence-corrected chi connectivity index (χ0v) is 25.0. The Labute approximate surface area is 260 Å². The molecule has 1 saturated heterocycles. The van der Waals surface area contributed by atoms with Crippen LogP contribution in [0.3, 0.4) is 0 Å². The van der Waals surface area contributed by atoms with Crippen molar-refractivity contribution in [3.05, 3.63) is 78.1 Å². The summed E-state index contributed by atoms with van der Waals surface area (Å²) in [6, 6.07) is 19.0. The van der Waals surface area contributed by atoms with Gasteiger partial charge in [0.1, 0.15) is 12.2 Å². The summed E-state index contributed by atoms with van der Waals surface area (Å²) in [6.45, 7) is 2.94. The number of anilines is 2. The van der Waals surface area contributed by atoms with Gasteiger partial charge in [0.15, 0.2) is 17.0 Å². The van der Waals surface area contributed by atoms with Crippen molar-refractivity contribution in [3.63, 3.8) is 0 Å². The molecule has 3 heterocycles. The smallest absolute Gasteiger partial charge is 0.407 e. The molecular formula is C32H38N8O5. The van der Waals surface area contributed by atoms with E-state index in [0.717, 1.165) is 11.1 Å². The Hall–Kier alpha value is -4.75. The van der Waals surface area contributed by atoms with E-state index in [0.29, 0.717) is 49.0 Å². The molecule has 6 N–H and O–H groups in total. The van der Waals surface area contributed by atoms with Gasteiger partial charge in [-0.05, 0) is 24.0 Å². The molecule has 0 spiro atoms. The number of hydrogen-bond acceptors (Lipinski definition) is 9. The van der Waals surface area contributed by atoms with Crippen LogP contribution in [0.1, 0.15) is 49.3 Å². The molecule has 6 rings (SSSR count). The highest BCUT2D eigenvalue weighted by atomic mass is 16.4. The van der Waals surface area contributed by atoms with Gasteiger partial charge in [-0.15, -0.1) is 0 Å². The Morgan fingerprint density at radius 3 is 2.31 bits per heavy atom. The van der Waals surface area contributed by atoms with E-state index in [2.05, 4.69) is 45.2 Å². The summed E-state index contributed by atoms with van der Waals surface area (Å²) in [4.78, 5) is 39.1. The molecule has 1 unspecified atom stereocenters. The molecule has 2 aromatic carbocycles. The average molecular weight is 615 g/mol. The summed E-state index contributed by atoms with van der Waals surface area (Å²) >= 11 is 0. The van der Waals surface area contributed by atoms with Crippen molar-refractivity contribution < 1.29 is 24.9 Å². The molecule has 2 fully saturated rings. The monoisotopic (exact) mass is 614 g/mol. The molecule has 5 atom stereocenters. The minimum Gasteiger partial charge on any atom is -0.465 e. The third kappa shape index (κ3) is 6.40. The summed E-state index contributed by atoms with van der Waals surface area (Å²) in [6.07, 6.45) is -0.552. The minimum atomic E-state index is -1.16. The predicted molar refractivity (Wildman–Crippen MR) is 168 cm³/mol. The molecule has 1 saturated carbocycles. The molecule has 0 radical (unpaired) electrons. The van der Waals surface area contributed by atoms with Gasteiger partial charge in [0, 0.05) is 38.0 Å². The zero-order valence-electron chi connectivity index (χ0n) is 25.0. The number of likely N-dealkylation sites (tertiary alicyclic amines) is 1. The highest BCUT2D eigenvalue weighted by Gasteiger charge is 2.43. The van der Waals surface area contributed by atoms with Crippen LogP contribution in [0, 0.1) is 0 Å². The van der Waals surface area contributed by atoms with Crippen molar-refractivity contribution in [1.29, 1.82) is 0 Å². The van der Waals surface area contributed by atoms with Crippen molar-refractivity contribution in [3.8, 4) is 0 Å². The SMILES string of the molecule is CCC(=O)N[C@H]1C[C@@H](n2cnc3c(NCC(c4ccccc4)c4ccccc4)nc(NC4CCN(C(=O)O)C4)nc32)[C@H](O)[C@@H]1O. The maximum absolute atomic E-state index is 12.1. The van der Waals surface area contributed by atoms with Crippen molar-refractivity contribution >= 4 is 34.9 Å². The Morgan fingerprint density at radius 1 is 1.00 bits per heavy atom. The van der Waals surface area contributed by atoms with Crippen molar-refractivity contribution in [2.45, 2.75) is 62.4 Å². The number of carboxylic acid groups (broad SMARTS) is 1. The van der Waals surface area contributed by atoms with Gasteiger partial charge in [0.2, 0.25) is 11.9 Å². The molecule has 45 heavy (non-hydrogen) atoms. The largest absolute Gasteiger partial charge is 0.465 e. The van der Waals surface area contributed by atoms with Crippen LogP contribution in [0.15, 0.2) is 67.0 Å². The second-order valence-corrected chi connectivity index (χ2v) is 11.6. The summed E-state index contributed by atoms with van der Waals surface area (Å²) in [7, 11) is 0. The Balaban J connectivity index is 1.34. The fourth-order valence-electron chi connectivity index (χ4n) is 6.31. The number of carbonyl (C=O) groups is 2. The van der Waals surface area contributed by atoms with Gasteiger partial charge in [0.25, 0.3) is 0 Å². The van der Waals surface area contributed by atoms with Crippen LogP contribution in [0.2, 0.25) is 0 Å². The third-order valence-electron chi connectivity index (χ3n) is 8.77. The lowest BCUT2D eigenvalue weighted by atomic mass is 9.91. The topological polar surface area (TPSA) is 178 Å². The van der Waals surface area contributed by atoms with E-state index in [-0.39, 0.29) is 30.7 Å². The molecule has 1 aliphatic heterocycles. The molecule has 4 aromatic rings. The molecule has 13 heteroatoms. The van der Waals surface area contributed by atoms with E-state index >= 15 is 0 Å². The molecular weight excluding hydrogens is 576 g/mol. The van der Waals surface area contributed by atoms with Gasteiger partial charge in [-0.1, -0.05) is 67.6 Å². The van der Waals surface area contributed by atoms with Gasteiger partial charge in [-0.3, -0.25) is 4.79 Å². The molecule has 2 aliphatic rings. The standard InChI is InChI=1S/C32H38N8O5/c1-2-25(41)36-23-15-24(28(43)27(23)42)40-18-34-26-29(37-31(38-30(26)40)35-21-13-14-39(17-21)32(44)45)33-16-22(19-9-5-3-6-10-19)20-11-7-4-8-12-20/h3-12,18,21-24,27-28,42-43H,2,13-17H2,1H3,(H,36,41)(H,44,45)(H2,33,35,37,38)/t21?,23-,24+,27+,28-/m0/s1. The first-order valence-corrected chi connectivity index (χ1v) is 15.3. The Bertz CT molecular complexity index is 1600. The first-order chi connectivity index (χ1) is 21.8. The van der Waals surface area contributed by atoms with Crippen LogP contribution in [-0.2, 0) is 4.79 Å². The second kappa shape index (κ2) is 13.1. The second-order valence-electron chi connectivity index (χ2n) is 11.6. The minimum absolute atomic E-state index is 0.00426. The van der Waals surface area contributed by atoms with Crippen LogP contribution in [0.5, 0.6) is 0 Å². The highest BCUT2D eigenvalue weighted by molar-refractivity contribution is 5.84. The number of aliphatic hydroxyl groups is 2. The number of amides is 2. The quantitative estimate of drug-likeness (QED) is 0.156. The van der Waals surface area contributed by atoms with Gasteiger partial charge in [-0.2, -0.15) is 9.97 Å². The van der Waals surface area contributed by atoms with E-state index in [1.54, 1.807) is 17.8 Å². The molecule has 236 valence electrons. The highest BCUT2D eigenvalue weighted by Crippen LogP contribution is 2.35. The first kappa shape index (κ1) is 30.3. The van der Waals surface area contributed by atoms with Crippen molar-refractivity contribution in [1.82, 2.24) is 29.7 Å². The Kier molecular flexibility index (Phi) is 8.80. The van der Waals surface area contributed by atoms with E-state index in [4.69, 9.17) is 9.97 Å². The van der Waals surface area contributed by atoms with Gasteiger partial charge < -0.3 is 40.7 Å². The molecule has 1 aliphatic carbocycles. The fraction of sp³-hybridized carbons (Fsp3) is 0.406. The normalized spacial score (nSPS) is 23.0. The number of carbonyl (C=O) groups excluding carboxylic acids is 1. The Morgan fingerprint density at radius 2 is 1.69 bits per heavy atom. The van der Waals surface area contributed by atoms with Crippen LogP contribution < -0.4 is 16.0 Å². The van der Waals surface area contributed by atoms with Crippen LogP contribution in [-0.4, -0.2) is 95.7 Å². The number of imidazole rings is 1. The number of fused-ring (bicyclic) bond motifs is 1. The molecule has 2 amide bonds. The maximum Gasteiger partial charge on any atom is 0.407 e. The van der Waals surface area contributed by atoms with Crippen LogP contribution in [0.25, 0.3) is 11.2 Å². The van der Waals surface area contributed by atoms with Crippen LogP contribution >= 0.6 is 0 Å². The van der Waals surface area contributed by atoms with E-state index in [1.165, 1.54) is 4.90 Å². The average Bonchev–Trinajstić information content (AvgIpc) is 3.77. The lowest BCUT2D eigenvalue weighted by molar-refractivity contribution is -0.122. The van der Waals surface area contributed by atoms with Crippen molar-refractivity contribution in [2.75, 3.05) is 30.3 Å². The summed E-state index contributed by atoms with van der Waals surface area (Å²) in [5.41, 5.74) is 3.20. The summed E-state index contributed by atoms with van der Waals surface area (Å²) in [5, 5.41) is 40.8. The van der Waals surface area contributed by atoms with Crippen LogP contribution in [0.4, 0.5) is 16.6 Å². The number of nitrogens with zero attached hydrogens (tertiary/aromatic N) is 5. The molecule has 0 bridgehead atoms. The fourth-order valence-corrected chi connectivity index (χ4v) is 6.31. The number of aliphatic hydroxyl groups excluding tert-OH is 2. The predicted octanol–water partition coefficient (Wildman–Crippen LogP) is 2.80. The van der Waals surface area contributed by atoms with E-state index in [1.807, 2.05) is 36.4 Å². The number of rotatable bonds is 10. The van der Waals surface area contributed by atoms with E-state index < -0.39 is 30.4 Å². The number of hydrogen-bond donors (Lipinski definition) is 6. The molecule has 13 nitrogen and oxygen atoms in total. The van der Waals surface area contributed by atoms with Crippen molar-refractivity contribution in [2.24, 2.45) is 0 Å². The lowest BCUT2D eigenvalue weighted by Gasteiger charge is -2.21. The summed E-state index contributed by atoms with van der Waals surface area (Å²) in [5.74, 6) is 0.574. The van der Waals surface area contributed by atoms with Gasteiger partial charge in [-0.25, -0.2) is 9.78 Å². The third-order valence-corrected chi connectivity index (χ3v) is 8.77. The van der Waals surface area contributed by atoms with Gasteiger partial charge >= 0.3 is 6.09 Å². The maximum atomic E-state index is 12.1. The van der Waals surface area contributed by atoms with Gasteiger partial charge in [0.05, 0.1) is 18.4 Å².